The van der Waals surface area contributed by atoms with Crippen LogP contribution in [0.3, 0.4) is 0 Å². The summed E-state index contributed by atoms with van der Waals surface area (Å²) in [6.07, 6.45) is 0. The maximum Gasteiger partial charge on any atom is 0.361 e. The van der Waals surface area contributed by atoms with Crippen LogP contribution in [0.2, 0.25) is 0 Å². The lowest BCUT2D eigenvalue weighted by Crippen LogP contribution is -2.07. The van der Waals surface area contributed by atoms with Gasteiger partial charge in [-0.3, -0.25) is 0 Å². The first-order chi connectivity index (χ1) is 8.63. The molecule has 0 saturated carbocycles. The maximum absolute atomic E-state index is 11.8. The molecule has 0 fully saturated rings. The summed E-state index contributed by atoms with van der Waals surface area (Å²) in [5.41, 5.74) is 7.94. The van der Waals surface area contributed by atoms with Gasteiger partial charge in [-0.05, 0) is 19.1 Å². The lowest BCUT2D eigenvalue weighted by molar-refractivity contribution is 0.0520. The van der Waals surface area contributed by atoms with E-state index in [1.807, 2.05) is 12.1 Å². The summed E-state index contributed by atoms with van der Waals surface area (Å²) in [7, 11) is 1.72. The molecule has 1 heterocycles. The molecule has 94 valence electrons. The Balaban J connectivity index is 2.46. The van der Waals surface area contributed by atoms with Gasteiger partial charge in [0.05, 0.1) is 6.61 Å². The molecule has 1 aromatic heterocycles. The molecule has 0 aliphatic heterocycles. The molecule has 0 spiro atoms. The Morgan fingerprint density at radius 2 is 2.06 bits per heavy atom. The van der Waals surface area contributed by atoms with Crippen LogP contribution in [0.4, 0.5) is 5.69 Å². The van der Waals surface area contributed by atoms with Gasteiger partial charge in [0.1, 0.15) is 5.69 Å². The lowest BCUT2D eigenvalue weighted by Gasteiger charge is -2.04. The van der Waals surface area contributed by atoms with E-state index in [1.165, 1.54) is 4.68 Å². The van der Waals surface area contributed by atoms with Crippen LogP contribution < -0.4 is 5.73 Å². The van der Waals surface area contributed by atoms with Crippen LogP contribution in [0.1, 0.15) is 17.4 Å². The van der Waals surface area contributed by atoms with Gasteiger partial charge in [0, 0.05) is 18.3 Å². The Bertz CT molecular complexity index is 560. The van der Waals surface area contributed by atoms with Crippen LogP contribution >= 0.6 is 0 Å². The molecule has 2 N–H and O–H groups in total. The molecule has 0 amide bonds. The summed E-state index contributed by atoms with van der Waals surface area (Å²) in [4.78, 5) is 11.8. The van der Waals surface area contributed by atoms with Crippen molar-refractivity contribution in [1.29, 1.82) is 0 Å². The van der Waals surface area contributed by atoms with Crippen molar-refractivity contribution in [3.05, 3.63) is 30.0 Å². The summed E-state index contributed by atoms with van der Waals surface area (Å²) >= 11 is 0. The topological polar surface area (TPSA) is 83.0 Å². The van der Waals surface area contributed by atoms with E-state index >= 15 is 0 Å². The van der Waals surface area contributed by atoms with Gasteiger partial charge < -0.3 is 10.5 Å². The Labute approximate surface area is 104 Å². The Morgan fingerprint density at radius 1 is 1.39 bits per heavy atom. The fourth-order valence-electron chi connectivity index (χ4n) is 1.66. The minimum Gasteiger partial charge on any atom is -0.461 e. The van der Waals surface area contributed by atoms with E-state index < -0.39 is 5.97 Å². The van der Waals surface area contributed by atoms with E-state index in [1.54, 1.807) is 26.1 Å². The number of aryl methyl sites for hydroxylation is 1. The molecule has 2 aromatic rings. The van der Waals surface area contributed by atoms with Crippen LogP contribution in [0, 0.1) is 0 Å². The smallest absolute Gasteiger partial charge is 0.361 e. The predicted molar refractivity (Wildman–Crippen MR) is 66.8 cm³/mol. The van der Waals surface area contributed by atoms with Crippen molar-refractivity contribution in [2.45, 2.75) is 6.92 Å². The number of nitrogens with two attached hydrogens (primary N) is 1. The quantitative estimate of drug-likeness (QED) is 0.650. The third-order valence-corrected chi connectivity index (χ3v) is 2.48. The van der Waals surface area contributed by atoms with Crippen molar-refractivity contribution in [2.24, 2.45) is 7.05 Å². The zero-order valence-electron chi connectivity index (χ0n) is 10.3. The van der Waals surface area contributed by atoms with Gasteiger partial charge in [0.25, 0.3) is 0 Å². The number of benzene rings is 1. The maximum atomic E-state index is 11.8. The van der Waals surface area contributed by atoms with Gasteiger partial charge >= 0.3 is 5.97 Å². The Hall–Kier alpha value is -2.37. The molecule has 0 unspecified atom stereocenters. The second-order valence-corrected chi connectivity index (χ2v) is 3.75. The number of hydrogen-bond acceptors (Lipinski definition) is 5. The predicted octanol–water partition coefficient (Wildman–Crippen LogP) is 1.24. The van der Waals surface area contributed by atoms with Gasteiger partial charge in [-0.1, -0.05) is 17.3 Å². The largest absolute Gasteiger partial charge is 0.461 e. The molecular weight excluding hydrogens is 232 g/mol. The molecular formula is C12H14N4O2. The lowest BCUT2D eigenvalue weighted by atomic mass is 10.1. The number of anilines is 1. The fourth-order valence-corrected chi connectivity index (χ4v) is 1.66. The molecule has 0 aliphatic rings. The summed E-state index contributed by atoms with van der Waals surface area (Å²) in [5.74, 6) is -0.475. The van der Waals surface area contributed by atoms with Crippen LogP contribution in [0.25, 0.3) is 11.3 Å². The molecule has 6 heteroatoms. The van der Waals surface area contributed by atoms with Crippen molar-refractivity contribution in [2.75, 3.05) is 12.3 Å². The number of carbonyl (C=O) groups excluding carboxylic acids is 1. The number of esters is 1. The molecule has 2 rings (SSSR count). The van der Waals surface area contributed by atoms with E-state index in [9.17, 15) is 4.79 Å². The van der Waals surface area contributed by atoms with Gasteiger partial charge in [-0.25, -0.2) is 9.48 Å². The SMILES string of the molecule is CCOC(=O)c1nnn(C)c1-c1ccc(N)cc1. The fraction of sp³-hybridized carbons (Fsp3) is 0.250. The average molecular weight is 246 g/mol. The van der Waals surface area contributed by atoms with E-state index in [0.717, 1.165) is 5.56 Å². The molecule has 1 aromatic carbocycles. The first kappa shape index (κ1) is 12.1. The minimum absolute atomic E-state index is 0.212. The van der Waals surface area contributed by atoms with Crippen molar-refractivity contribution < 1.29 is 9.53 Å². The highest BCUT2D eigenvalue weighted by molar-refractivity contribution is 5.94. The van der Waals surface area contributed by atoms with Gasteiger partial charge in [-0.2, -0.15) is 0 Å². The molecule has 0 aliphatic carbocycles. The number of aromatic nitrogens is 3. The van der Waals surface area contributed by atoms with Crippen LogP contribution in [0.15, 0.2) is 24.3 Å². The highest BCUT2D eigenvalue weighted by Gasteiger charge is 2.20. The van der Waals surface area contributed by atoms with E-state index in [2.05, 4.69) is 10.3 Å². The second kappa shape index (κ2) is 4.87. The molecule has 0 bridgehead atoms. The van der Waals surface area contributed by atoms with Gasteiger partial charge in [-0.15, -0.1) is 5.10 Å². The zero-order valence-corrected chi connectivity index (χ0v) is 10.3. The summed E-state index contributed by atoms with van der Waals surface area (Å²) in [5, 5.41) is 7.69. The number of carbonyl (C=O) groups is 1. The number of ether oxygens (including phenoxy) is 1. The number of nitrogens with zero attached hydrogens (tertiary/aromatic N) is 3. The minimum atomic E-state index is -0.475. The molecule has 18 heavy (non-hydrogen) atoms. The summed E-state index contributed by atoms with van der Waals surface area (Å²) < 4.78 is 6.49. The third-order valence-electron chi connectivity index (χ3n) is 2.48. The van der Waals surface area contributed by atoms with E-state index in [4.69, 9.17) is 10.5 Å². The molecule has 6 nitrogen and oxygen atoms in total. The van der Waals surface area contributed by atoms with Crippen LogP contribution in [0.5, 0.6) is 0 Å². The highest BCUT2D eigenvalue weighted by atomic mass is 16.5. The van der Waals surface area contributed by atoms with Crippen molar-refractivity contribution >= 4 is 11.7 Å². The zero-order chi connectivity index (χ0) is 13.1. The Kier molecular flexibility index (Phi) is 3.27. The molecule has 0 radical (unpaired) electrons. The van der Waals surface area contributed by atoms with Gasteiger partial charge in [0.15, 0.2) is 5.69 Å². The van der Waals surface area contributed by atoms with Crippen molar-refractivity contribution in [3.8, 4) is 11.3 Å². The second-order valence-electron chi connectivity index (χ2n) is 3.75. The normalized spacial score (nSPS) is 10.3. The third kappa shape index (κ3) is 2.17. The molecule has 0 saturated heterocycles. The van der Waals surface area contributed by atoms with Crippen molar-refractivity contribution in [3.63, 3.8) is 0 Å². The summed E-state index contributed by atoms with van der Waals surface area (Å²) in [6, 6.07) is 7.15. The number of hydrogen-bond donors (Lipinski definition) is 1. The van der Waals surface area contributed by atoms with Crippen LogP contribution in [-0.2, 0) is 11.8 Å². The highest BCUT2D eigenvalue weighted by Crippen LogP contribution is 2.23. The van der Waals surface area contributed by atoms with E-state index in [0.29, 0.717) is 18.0 Å². The molecule has 0 atom stereocenters. The summed E-state index contributed by atoms with van der Waals surface area (Å²) in [6.45, 7) is 2.05. The number of rotatable bonds is 3. The standard InChI is InChI=1S/C12H14N4O2/c1-3-18-12(17)10-11(16(2)15-14-10)8-4-6-9(13)7-5-8/h4-7H,3,13H2,1-2H3. The van der Waals surface area contributed by atoms with Crippen molar-refractivity contribution in [1.82, 2.24) is 15.0 Å². The first-order valence-corrected chi connectivity index (χ1v) is 5.56. The average Bonchev–Trinajstić information content (AvgIpc) is 2.73. The number of nitrogen functional groups attached to an aromatic ring is 1. The van der Waals surface area contributed by atoms with Gasteiger partial charge in [0.2, 0.25) is 0 Å². The van der Waals surface area contributed by atoms with Crippen LogP contribution in [-0.4, -0.2) is 27.6 Å². The monoisotopic (exact) mass is 246 g/mol. The first-order valence-electron chi connectivity index (χ1n) is 5.56. The Morgan fingerprint density at radius 3 is 2.67 bits per heavy atom. The van der Waals surface area contributed by atoms with E-state index in [-0.39, 0.29) is 5.69 Å².